The molecule has 138 valence electrons. The van der Waals surface area contributed by atoms with Crippen molar-refractivity contribution in [1.82, 2.24) is 4.72 Å². The van der Waals surface area contributed by atoms with Crippen LogP contribution in [-0.2, 0) is 21.2 Å². The first-order chi connectivity index (χ1) is 12.4. The molecule has 1 heterocycles. The molecule has 0 bridgehead atoms. The van der Waals surface area contributed by atoms with E-state index in [2.05, 4.69) is 4.72 Å². The van der Waals surface area contributed by atoms with Crippen LogP contribution in [0, 0.1) is 0 Å². The van der Waals surface area contributed by atoms with Gasteiger partial charge in [0.25, 0.3) is 0 Å². The van der Waals surface area contributed by atoms with Gasteiger partial charge in [0.1, 0.15) is 11.5 Å². The largest absolute Gasteiger partial charge is 0.497 e. The number of aliphatic carboxylic acids is 1. The molecule has 2 N–H and O–H groups in total. The SMILES string of the molecule is COc1ccc(S(=O)(=O)NC2CCOc3c(CC(=O)O)cccc32)cc1. The molecule has 2 aromatic carbocycles. The van der Waals surface area contributed by atoms with Gasteiger partial charge in [-0.05, 0) is 24.3 Å². The van der Waals surface area contributed by atoms with Crippen molar-refractivity contribution >= 4 is 16.0 Å². The first kappa shape index (κ1) is 18.2. The lowest BCUT2D eigenvalue weighted by molar-refractivity contribution is -0.136. The van der Waals surface area contributed by atoms with Crippen LogP contribution in [0.3, 0.4) is 0 Å². The molecule has 8 heteroatoms. The summed E-state index contributed by atoms with van der Waals surface area (Å²) < 4.78 is 38.7. The fourth-order valence-electron chi connectivity index (χ4n) is 2.92. The molecular weight excluding hydrogens is 358 g/mol. The van der Waals surface area contributed by atoms with Gasteiger partial charge in [0, 0.05) is 17.5 Å². The highest BCUT2D eigenvalue weighted by Crippen LogP contribution is 2.36. The van der Waals surface area contributed by atoms with Crippen LogP contribution in [-0.4, -0.2) is 33.2 Å². The molecule has 2 aromatic rings. The van der Waals surface area contributed by atoms with Gasteiger partial charge < -0.3 is 14.6 Å². The second kappa shape index (κ2) is 7.35. The average molecular weight is 377 g/mol. The van der Waals surface area contributed by atoms with E-state index in [4.69, 9.17) is 14.6 Å². The maximum Gasteiger partial charge on any atom is 0.307 e. The summed E-state index contributed by atoms with van der Waals surface area (Å²) in [6.45, 7) is 0.305. The Bertz CT molecular complexity index is 908. The number of hydrogen-bond acceptors (Lipinski definition) is 5. The molecular formula is C18H19NO6S. The van der Waals surface area contributed by atoms with Crippen LogP contribution in [0.1, 0.15) is 23.6 Å². The topological polar surface area (TPSA) is 102 Å². The summed E-state index contributed by atoms with van der Waals surface area (Å²) >= 11 is 0. The van der Waals surface area contributed by atoms with E-state index in [-0.39, 0.29) is 11.3 Å². The molecule has 0 spiro atoms. The predicted octanol–water partition coefficient (Wildman–Crippen LogP) is 2.12. The number of carboxylic acid groups (broad SMARTS) is 1. The fraction of sp³-hybridized carbons (Fsp3) is 0.278. The first-order valence-electron chi connectivity index (χ1n) is 8.03. The Morgan fingerprint density at radius 1 is 1.27 bits per heavy atom. The van der Waals surface area contributed by atoms with Crippen molar-refractivity contribution in [1.29, 1.82) is 0 Å². The normalized spacial score (nSPS) is 16.4. The number of ether oxygens (including phenoxy) is 2. The highest BCUT2D eigenvalue weighted by Gasteiger charge is 2.28. The van der Waals surface area contributed by atoms with E-state index in [9.17, 15) is 13.2 Å². The number of para-hydroxylation sites is 1. The highest BCUT2D eigenvalue weighted by molar-refractivity contribution is 7.89. The summed E-state index contributed by atoms with van der Waals surface area (Å²) in [5, 5.41) is 9.03. The van der Waals surface area contributed by atoms with E-state index >= 15 is 0 Å². The number of rotatable bonds is 6. The number of hydrogen-bond donors (Lipinski definition) is 2. The maximum atomic E-state index is 12.7. The Morgan fingerprint density at radius 3 is 2.65 bits per heavy atom. The van der Waals surface area contributed by atoms with Gasteiger partial charge in [0.05, 0.1) is 31.1 Å². The van der Waals surface area contributed by atoms with Crippen molar-refractivity contribution in [3.05, 3.63) is 53.6 Å². The van der Waals surface area contributed by atoms with Crippen LogP contribution in [0.4, 0.5) is 0 Å². The fourth-order valence-corrected chi connectivity index (χ4v) is 4.17. The number of methoxy groups -OCH3 is 1. The molecule has 1 unspecified atom stereocenters. The van der Waals surface area contributed by atoms with Crippen LogP contribution < -0.4 is 14.2 Å². The zero-order valence-corrected chi connectivity index (χ0v) is 15.0. The molecule has 0 fully saturated rings. The van der Waals surface area contributed by atoms with Gasteiger partial charge in [-0.25, -0.2) is 13.1 Å². The van der Waals surface area contributed by atoms with E-state index < -0.39 is 22.0 Å². The Balaban J connectivity index is 1.88. The summed E-state index contributed by atoms with van der Waals surface area (Å²) in [4.78, 5) is 11.2. The van der Waals surface area contributed by atoms with E-state index in [1.807, 2.05) is 0 Å². The van der Waals surface area contributed by atoms with Gasteiger partial charge in [0.15, 0.2) is 0 Å². The monoisotopic (exact) mass is 377 g/mol. The molecule has 0 radical (unpaired) electrons. The number of nitrogens with one attached hydrogen (secondary N) is 1. The highest BCUT2D eigenvalue weighted by atomic mass is 32.2. The van der Waals surface area contributed by atoms with Gasteiger partial charge in [-0.15, -0.1) is 0 Å². The summed E-state index contributed by atoms with van der Waals surface area (Å²) in [6, 6.07) is 10.8. The van der Waals surface area contributed by atoms with E-state index in [1.54, 1.807) is 30.3 Å². The zero-order chi connectivity index (χ0) is 18.7. The van der Waals surface area contributed by atoms with Crippen molar-refractivity contribution in [3.8, 4) is 11.5 Å². The minimum absolute atomic E-state index is 0.132. The molecule has 0 saturated heterocycles. The minimum atomic E-state index is -3.74. The van der Waals surface area contributed by atoms with Gasteiger partial charge >= 0.3 is 5.97 Å². The van der Waals surface area contributed by atoms with Crippen molar-refractivity contribution in [2.24, 2.45) is 0 Å². The Kier molecular flexibility index (Phi) is 5.15. The molecule has 0 aliphatic carbocycles. The van der Waals surface area contributed by atoms with Crippen molar-refractivity contribution in [3.63, 3.8) is 0 Å². The summed E-state index contributed by atoms with van der Waals surface area (Å²) in [7, 11) is -2.23. The lowest BCUT2D eigenvalue weighted by Gasteiger charge is -2.28. The van der Waals surface area contributed by atoms with Crippen LogP contribution in [0.25, 0.3) is 0 Å². The van der Waals surface area contributed by atoms with Crippen LogP contribution >= 0.6 is 0 Å². The van der Waals surface area contributed by atoms with Crippen LogP contribution in [0.5, 0.6) is 11.5 Å². The first-order valence-corrected chi connectivity index (χ1v) is 9.52. The molecule has 1 aliphatic heterocycles. The third-order valence-corrected chi connectivity index (χ3v) is 5.65. The lowest BCUT2D eigenvalue weighted by atomic mass is 9.97. The number of carbonyl (C=O) groups is 1. The zero-order valence-electron chi connectivity index (χ0n) is 14.1. The Hall–Kier alpha value is -2.58. The van der Waals surface area contributed by atoms with E-state index in [0.717, 1.165) is 0 Å². The summed E-state index contributed by atoms with van der Waals surface area (Å²) in [5.74, 6) is 0.0465. The molecule has 7 nitrogen and oxygen atoms in total. The number of fused-ring (bicyclic) bond motifs is 1. The third-order valence-electron chi connectivity index (χ3n) is 4.16. The summed E-state index contributed by atoms with van der Waals surface area (Å²) in [6.07, 6.45) is 0.278. The molecule has 1 atom stereocenters. The predicted molar refractivity (Wildman–Crippen MR) is 94.0 cm³/mol. The lowest BCUT2D eigenvalue weighted by Crippen LogP contribution is -2.32. The molecule has 3 rings (SSSR count). The molecule has 0 saturated carbocycles. The smallest absolute Gasteiger partial charge is 0.307 e. The van der Waals surface area contributed by atoms with Crippen LogP contribution in [0.2, 0.25) is 0 Å². The van der Waals surface area contributed by atoms with Crippen molar-refractivity contribution in [2.75, 3.05) is 13.7 Å². The van der Waals surface area contributed by atoms with Crippen molar-refractivity contribution < 1.29 is 27.8 Å². The van der Waals surface area contributed by atoms with E-state index in [0.29, 0.717) is 35.7 Å². The minimum Gasteiger partial charge on any atom is -0.497 e. The number of sulfonamides is 1. The summed E-state index contributed by atoms with van der Waals surface area (Å²) in [5.41, 5.74) is 1.18. The van der Waals surface area contributed by atoms with Gasteiger partial charge in [0.2, 0.25) is 10.0 Å². The van der Waals surface area contributed by atoms with E-state index in [1.165, 1.54) is 19.2 Å². The maximum absolute atomic E-state index is 12.7. The van der Waals surface area contributed by atoms with Crippen LogP contribution in [0.15, 0.2) is 47.4 Å². The third kappa shape index (κ3) is 3.81. The second-order valence-corrected chi connectivity index (χ2v) is 7.61. The Morgan fingerprint density at radius 2 is 2.00 bits per heavy atom. The van der Waals surface area contributed by atoms with Crippen molar-refractivity contribution in [2.45, 2.75) is 23.8 Å². The standard InChI is InChI=1S/C18H19NO6S/c1-24-13-5-7-14(8-6-13)26(22,23)19-16-9-10-25-18-12(11-17(20)21)3-2-4-15(16)18/h2-8,16,19H,9-11H2,1H3,(H,20,21). The molecule has 0 amide bonds. The van der Waals surface area contributed by atoms with Gasteiger partial charge in [-0.1, -0.05) is 18.2 Å². The number of carboxylic acids is 1. The quantitative estimate of drug-likeness (QED) is 0.800. The molecule has 1 aliphatic rings. The molecule has 26 heavy (non-hydrogen) atoms. The van der Waals surface area contributed by atoms with Gasteiger partial charge in [-0.3, -0.25) is 4.79 Å². The second-order valence-electron chi connectivity index (χ2n) is 5.89. The average Bonchev–Trinajstić information content (AvgIpc) is 2.62. The molecule has 0 aromatic heterocycles. The Labute approximate surface area is 151 Å². The number of benzene rings is 2. The van der Waals surface area contributed by atoms with Gasteiger partial charge in [-0.2, -0.15) is 0 Å².